The maximum atomic E-state index is 13.2. The minimum absolute atomic E-state index is 0.246. The number of terminal acetylenes is 1. The number of benzene rings is 1. The van der Waals surface area contributed by atoms with E-state index in [2.05, 4.69) is 11.2 Å². The molecule has 0 saturated carbocycles. The van der Waals surface area contributed by atoms with Gasteiger partial charge in [-0.2, -0.15) is 0 Å². The Hall–Kier alpha value is -1.82. The van der Waals surface area contributed by atoms with Crippen LogP contribution in [0.2, 0.25) is 0 Å². The Morgan fingerprint density at radius 1 is 1.47 bits per heavy atom. The van der Waals surface area contributed by atoms with E-state index in [1.165, 1.54) is 6.07 Å². The van der Waals surface area contributed by atoms with Gasteiger partial charge in [-0.05, 0) is 37.5 Å². The molecule has 0 heterocycles. The van der Waals surface area contributed by atoms with Crippen LogP contribution in [0.3, 0.4) is 0 Å². The zero-order chi connectivity index (χ0) is 12.7. The van der Waals surface area contributed by atoms with Crippen LogP contribution in [0.5, 0.6) is 0 Å². The first-order valence-electron chi connectivity index (χ1n) is 5.63. The number of hydrogen-bond acceptors (Lipinski definition) is 1. The fourth-order valence-electron chi connectivity index (χ4n) is 1.39. The summed E-state index contributed by atoms with van der Waals surface area (Å²) >= 11 is 0. The summed E-state index contributed by atoms with van der Waals surface area (Å²) in [4.78, 5) is 11.6. The normalized spacial score (nSPS) is 9.71. The molecule has 1 amide bonds. The quantitative estimate of drug-likeness (QED) is 0.615. The Bertz CT molecular complexity index is 434. The van der Waals surface area contributed by atoms with Crippen LogP contribution >= 0.6 is 0 Å². The number of unbranched alkanes of at least 4 members (excludes halogenated alkanes) is 2. The van der Waals surface area contributed by atoms with E-state index in [1.807, 2.05) is 0 Å². The highest BCUT2D eigenvalue weighted by atomic mass is 19.1. The van der Waals surface area contributed by atoms with E-state index in [0.717, 1.165) is 19.3 Å². The lowest BCUT2D eigenvalue weighted by Crippen LogP contribution is -2.24. The van der Waals surface area contributed by atoms with E-state index < -0.39 is 0 Å². The maximum absolute atomic E-state index is 13.2. The number of carbonyl (C=O) groups excluding carboxylic acids is 1. The number of carbonyl (C=O) groups is 1. The molecular formula is C14H16FNO. The predicted molar refractivity (Wildman–Crippen MR) is 66.2 cm³/mol. The molecule has 0 atom stereocenters. The highest BCUT2D eigenvalue weighted by Gasteiger charge is 2.06. The van der Waals surface area contributed by atoms with Crippen molar-refractivity contribution < 1.29 is 9.18 Å². The molecule has 0 aliphatic heterocycles. The van der Waals surface area contributed by atoms with Crippen molar-refractivity contribution in [2.24, 2.45) is 0 Å². The third-order valence-electron chi connectivity index (χ3n) is 2.47. The van der Waals surface area contributed by atoms with Crippen LogP contribution in [0, 0.1) is 25.1 Å². The smallest absolute Gasteiger partial charge is 0.251 e. The Morgan fingerprint density at radius 2 is 2.24 bits per heavy atom. The first kappa shape index (κ1) is 13.2. The summed E-state index contributed by atoms with van der Waals surface area (Å²) in [5.41, 5.74) is 0.889. The number of rotatable bonds is 5. The molecule has 0 fully saturated rings. The molecule has 3 heteroatoms. The van der Waals surface area contributed by atoms with Gasteiger partial charge in [0.2, 0.25) is 0 Å². The number of hydrogen-bond donors (Lipinski definition) is 1. The minimum Gasteiger partial charge on any atom is -0.352 e. The Morgan fingerprint density at radius 3 is 2.88 bits per heavy atom. The molecule has 0 aliphatic rings. The predicted octanol–water partition coefficient (Wildman–Crippen LogP) is 2.67. The molecule has 0 aliphatic carbocycles. The van der Waals surface area contributed by atoms with Crippen molar-refractivity contribution in [3.05, 3.63) is 35.1 Å². The van der Waals surface area contributed by atoms with Crippen molar-refractivity contribution >= 4 is 5.91 Å². The first-order chi connectivity index (χ1) is 8.15. The standard InChI is InChI=1S/C14H16FNO/c1-3-4-5-6-9-16-14(17)12-8-7-11(2)13(15)10-12/h1,7-8,10H,4-6,9H2,2H3,(H,16,17). The second kappa shape index (κ2) is 6.70. The highest BCUT2D eigenvalue weighted by Crippen LogP contribution is 2.09. The summed E-state index contributed by atoms with van der Waals surface area (Å²) in [6, 6.07) is 4.48. The summed E-state index contributed by atoms with van der Waals surface area (Å²) in [5.74, 6) is 1.94. The number of aryl methyl sites for hydroxylation is 1. The van der Waals surface area contributed by atoms with Crippen LogP contribution in [0.1, 0.15) is 35.2 Å². The fourth-order valence-corrected chi connectivity index (χ4v) is 1.39. The summed E-state index contributed by atoms with van der Waals surface area (Å²) in [6.45, 7) is 2.23. The molecule has 0 bridgehead atoms. The monoisotopic (exact) mass is 233 g/mol. The third-order valence-corrected chi connectivity index (χ3v) is 2.47. The molecular weight excluding hydrogens is 217 g/mol. The maximum Gasteiger partial charge on any atom is 0.251 e. The molecule has 90 valence electrons. The average molecular weight is 233 g/mol. The molecule has 0 unspecified atom stereocenters. The van der Waals surface area contributed by atoms with E-state index >= 15 is 0 Å². The van der Waals surface area contributed by atoms with Crippen LogP contribution in [-0.2, 0) is 0 Å². The largest absolute Gasteiger partial charge is 0.352 e. The highest BCUT2D eigenvalue weighted by molar-refractivity contribution is 5.94. The molecule has 0 aromatic heterocycles. The van der Waals surface area contributed by atoms with Crippen LogP contribution in [0.25, 0.3) is 0 Å². The summed E-state index contributed by atoms with van der Waals surface area (Å²) < 4.78 is 13.2. The molecule has 0 radical (unpaired) electrons. The van der Waals surface area contributed by atoms with Gasteiger partial charge in [-0.15, -0.1) is 12.3 Å². The zero-order valence-corrected chi connectivity index (χ0v) is 9.92. The summed E-state index contributed by atoms with van der Waals surface area (Å²) in [6.07, 6.45) is 7.56. The average Bonchev–Trinajstić information content (AvgIpc) is 2.32. The third kappa shape index (κ3) is 4.28. The van der Waals surface area contributed by atoms with Crippen molar-refractivity contribution in [3.63, 3.8) is 0 Å². The van der Waals surface area contributed by atoms with E-state index in [1.54, 1.807) is 19.1 Å². The van der Waals surface area contributed by atoms with E-state index in [0.29, 0.717) is 17.7 Å². The molecule has 1 rings (SSSR count). The minimum atomic E-state index is -0.356. The van der Waals surface area contributed by atoms with E-state index in [-0.39, 0.29) is 11.7 Å². The number of nitrogens with one attached hydrogen (secondary N) is 1. The first-order valence-corrected chi connectivity index (χ1v) is 5.63. The van der Waals surface area contributed by atoms with Crippen molar-refractivity contribution in [3.8, 4) is 12.3 Å². The lowest BCUT2D eigenvalue weighted by atomic mass is 10.1. The van der Waals surface area contributed by atoms with Gasteiger partial charge in [-0.3, -0.25) is 4.79 Å². The van der Waals surface area contributed by atoms with Gasteiger partial charge in [0.15, 0.2) is 0 Å². The second-order valence-corrected chi connectivity index (χ2v) is 3.88. The molecule has 17 heavy (non-hydrogen) atoms. The Balaban J connectivity index is 2.42. The summed E-state index contributed by atoms with van der Waals surface area (Å²) in [7, 11) is 0. The van der Waals surface area contributed by atoms with E-state index in [4.69, 9.17) is 6.42 Å². The fraction of sp³-hybridized carbons (Fsp3) is 0.357. The van der Waals surface area contributed by atoms with Gasteiger partial charge < -0.3 is 5.32 Å². The molecule has 1 N–H and O–H groups in total. The van der Waals surface area contributed by atoms with Gasteiger partial charge in [0, 0.05) is 18.5 Å². The van der Waals surface area contributed by atoms with Gasteiger partial charge in [0.25, 0.3) is 5.91 Å². The second-order valence-electron chi connectivity index (χ2n) is 3.88. The van der Waals surface area contributed by atoms with Crippen molar-refractivity contribution in [1.82, 2.24) is 5.32 Å². The number of halogens is 1. The van der Waals surface area contributed by atoms with Gasteiger partial charge >= 0.3 is 0 Å². The van der Waals surface area contributed by atoms with Crippen LogP contribution in [-0.4, -0.2) is 12.5 Å². The van der Waals surface area contributed by atoms with Crippen molar-refractivity contribution in [1.29, 1.82) is 0 Å². The summed E-state index contributed by atoms with van der Waals surface area (Å²) in [5, 5.41) is 2.73. The molecule has 1 aromatic carbocycles. The SMILES string of the molecule is C#CCCCCNC(=O)c1ccc(C)c(F)c1. The molecule has 2 nitrogen and oxygen atoms in total. The lowest BCUT2D eigenvalue weighted by molar-refractivity contribution is 0.0952. The topological polar surface area (TPSA) is 29.1 Å². The Labute approximate surface area is 101 Å². The zero-order valence-electron chi connectivity index (χ0n) is 9.92. The van der Waals surface area contributed by atoms with Gasteiger partial charge in [0.1, 0.15) is 5.82 Å². The van der Waals surface area contributed by atoms with Gasteiger partial charge in [-0.25, -0.2) is 4.39 Å². The van der Waals surface area contributed by atoms with Crippen LogP contribution in [0.4, 0.5) is 4.39 Å². The van der Waals surface area contributed by atoms with E-state index in [9.17, 15) is 9.18 Å². The molecule has 0 saturated heterocycles. The molecule has 0 spiro atoms. The van der Waals surface area contributed by atoms with Crippen LogP contribution in [0.15, 0.2) is 18.2 Å². The van der Waals surface area contributed by atoms with Gasteiger partial charge in [0.05, 0.1) is 0 Å². The van der Waals surface area contributed by atoms with Gasteiger partial charge in [-0.1, -0.05) is 6.07 Å². The van der Waals surface area contributed by atoms with Crippen molar-refractivity contribution in [2.45, 2.75) is 26.2 Å². The lowest BCUT2D eigenvalue weighted by Gasteiger charge is -2.05. The van der Waals surface area contributed by atoms with Crippen LogP contribution < -0.4 is 5.32 Å². The van der Waals surface area contributed by atoms with Crippen molar-refractivity contribution in [2.75, 3.05) is 6.54 Å². The Kier molecular flexibility index (Phi) is 5.22. The molecule has 1 aromatic rings. The number of amides is 1.